The fourth-order valence-corrected chi connectivity index (χ4v) is 4.04. The van der Waals surface area contributed by atoms with Crippen LogP contribution < -0.4 is 19.5 Å². The minimum atomic E-state index is -0.563. The molecule has 1 saturated heterocycles. The van der Waals surface area contributed by atoms with E-state index in [0.29, 0.717) is 33.5 Å². The first-order valence-corrected chi connectivity index (χ1v) is 10.6. The van der Waals surface area contributed by atoms with E-state index in [-0.39, 0.29) is 4.91 Å². The lowest BCUT2D eigenvalue weighted by Gasteiger charge is -2.14. The fourth-order valence-electron chi connectivity index (χ4n) is 3.03. The molecule has 168 valence electrons. The number of nitrogens with zero attached hydrogens (tertiary/aromatic N) is 1. The van der Waals surface area contributed by atoms with Gasteiger partial charge in [-0.25, -0.2) is 0 Å². The first-order chi connectivity index (χ1) is 15.3. The molecule has 1 aliphatic heterocycles. The monoisotopic (exact) mass is 476 g/mol. The van der Waals surface area contributed by atoms with Crippen molar-refractivity contribution in [2.45, 2.75) is 6.92 Å². The van der Waals surface area contributed by atoms with Crippen molar-refractivity contribution >= 4 is 52.2 Å². The first-order valence-electron chi connectivity index (χ1n) is 9.38. The predicted molar refractivity (Wildman–Crippen MR) is 124 cm³/mol. The second-order valence-electron chi connectivity index (χ2n) is 6.73. The van der Waals surface area contributed by atoms with Crippen molar-refractivity contribution in [3.05, 3.63) is 51.4 Å². The summed E-state index contributed by atoms with van der Waals surface area (Å²) >= 11 is 6.72. The van der Waals surface area contributed by atoms with E-state index in [1.165, 1.54) is 27.4 Å². The highest BCUT2D eigenvalue weighted by Crippen LogP contribution is 2.40. The number of benzene rings is 2. The van der Waals surface area contributed by atoms with Crippen LogP contribution in [0.5, 0.6) is 17.2 Å². The van der Waals surface area contributed by atoms with E-state index in [1.54, 1.807) is 30.3 Å². The Morgan fingerprint density at radius 2 is 1.75 bits per heavy atom. The molecule has 10 heteroatoms. The molecule has 0 spiro atoms. The number of ether oxygens (including phenoxy) is 3. The molecule has 0 aromatic heterocycles. The van der Waals surface area contributed by atoms with E-state index < -0.39 is 23.6 Å². The fraction of sp³-hybridized carbons (Fsp3) is 0.227. The molecule has 0 unspecified atom stereocenters. The van der Waals surface area contributed by atoms with Crippen molar-refractivity contribution in [1.82, 2.24) is 4.90 Å². The third-order valence-electron chi connectivity index (χ3n) is 4.63. The molecule has 0 atom stereocenters. The van der Waals surface area contributed by atoms with Crippen LogP contribution in [0.4, 0.5) is 10.5 Å². The Balaban J connectivity index is 1.79. The average molecular weight is 477 g/mol. The summed E-state index contributed by atoms with van der Waals surface area (Å²) in [6.45, 7) is 1.40. The number of aryl methyl sites for hydroxylation is 1. The van der Waals surface area contributed by atoms with Gasteiger partial charge in [0.25, 0.3) is 11.1 Å². The summed E-state index contributed by atoms with van der Waals surface area (Å²) in [7, 11) is 4.45. The molecule has 1 fully saturated rings. The topological polar surface area (TPSA) is 94.2 Å². The molecule has 0 radical (unpaired) electrons. The normalized spacial score (nSPS) is 14.7. The maximum Gasteiger partial charge on any atom is 0.294 e. The third kappa shape index (κ3) is 5.00. The summed E-state index contributed by atoms with van der Waals surface area (Å²) in [5.74, 6) is 0.161. The minimum Gasteiger partial charge on any atom is -0.493 e. The van der Waals surface area contributed by atoms with Crippen molar-refractivity contribution in [2.24, 2.45) is 0 Å². The van der Waals surface area contributed by atoms with Gasteiger partial charge < -0.3 is 19.5 Å². The quantitative estimate of drug-likeness (QED) is 0.593. The van der Waals surface area contributed by atoms with Crippen molar-refractivity contribution in [3.8, 4) is 17.2 Å². The van der Waals surface area contributed by atoms with Gasteiger partial charge in [-0.2, -0.15) is 0 Å². The Bertz CT molecular complexity index is 1090. The molecule has 32 heavy (non-hydrogen) atoms. The smallest absolute Gasteiger partial charge is 0.294 e. The summed E-state index contributed by atoms with van der Waals surface area (Å²) in [5, 5.41) is 2.61. The standard InChI is InChI=1S/C22H21ClN2O6S/c1-12-5-6-14(23)10-15(12)24-19(26)11-25-21(27)18(32-22(25)28)9-13-7-16(29-2)20(31-4)17(8-13)30-3/h5-10H,11H2,1-4H3,(H,24,26)/b18-9+. The number of carbonyl (C=O) groups excluding carboxylic acids is 3. The van der Waals surface area contributed by atoms with E-state index >= 15 is 0 Å². The summed E-state index contributed by atoms with van der Waals surface area (Å²) < 4.78 is 15.9. The highest BCUT2D eigenvalue weighted by molar-refractivity contribution is 8.18. The van der Waals surface area contributed by atoms with E-state index in [2.05, 4.69) is 5.32 Å². The minimum absolute atomic E-state index is 0.177. The summed E-state index contributed by atoms with van der Waals surface area (Å²) in [6.07, 6.45) is 1.54. The molecule has 0 saturated carbocycles. The van der Waals surface area contributed by atoms with Gasteiger partial charge in [-0.1, -0.05) is 17.7 Å². The lowest BCUT2D eigenvalue weighted by atomic mass is 10.1. The van der Waals surface area contributed by atoms with Gasteiger partial charge in [-0.15, -0.1) is 0 Å². The van der Waals surface area contributed by atoms with Crippen LogP contribution in [0.15, 0.2) is 35.2 Å². The van der Waals surface area contributed by atoms with Crippen molar-refractivity contribution < 1.29 is 28.6 Å². The van der Waals surface area contributed by atoms with Crippen molar-refractivity contribution in [2.75, 3.05) is 33.2 Å². The van der Waals surface area contributed by atoms with Gasteiger partial charge in [0, 0.05) is 10.7 Å². The van der Waals surface area contributed by atoms with Gasteiger partial charge >= 0.3 is 0 Å². The summed E-state index contributed by atoms with van der Waals surface area (Å²) in [4.78, 5) is 38.7. The molecule has 1 aliphatic rings. The molecule has 3 rings (SSSR count). The molecule has 3 amide bonds. The average Bonchev–Trinajstić information content (AvgIpc) is 3.02. The molecule has 0 aliphatic carbocycles. The molecular weight excluding hydrogens is 456 g/mol. The molecule has 2 aromatic rings. The molecule has 2 aromatic carbocycles. The maximum atomic E-state index is 12.8. The summed E-state index contributed by atoms with van der Waals surface area (Å²) in [6, 6.07) is 8.38. The van der Waals surface area contributed by atoms with Gasteiger partial charge in [0.15, 0.2) is 11.5 Å². The lowest BCUT2D eigenvalue weighted by molar-refractivity contribution is -0.127. The zero-order chi connectivity index (χ0) is 23.4. The number of hydrogen-bond acceptors (Lipinski definition) is 7. The van der Waals surface area contributed by atoms with Crippen LogP contribution in [0.2, 0.25) is 5.02 Å². The number of nitrogens with one attached hydrogen (secondary N) is 1. The highest BCUT2D eigenvalue weighted by atomic mass is 35.5. The van der Waals surface area contributed by atoms with Crippen molar-refractivity contribution in [3.63, 3.8) is 0 Å². The Morgan fingerprint density at radius 3 is 2.34 bits per heavy atom. The van der Waals surface area contributed by atoms with Gasteiger partial charge in [0.05, 0.1) is 26.2 Å². The molecule has 1 heterocycles. The molecule has 1 N–H and O–H groups in total. The van der Waals surface area contributed by atoms with Crippen molar-refractivity contribution in [1.29, 1.82) is 0 Å². The van der Waals surface area contributed by atoms with E-state index in [9.17, 15) is 14.4 Å². The second-order valence-corrected chi connectivity index (χ2v) is 8.16. The number of carbonyl (C=O) groups is 3. The third-order valence-corrected chi connectivity index (χ3v) is 5.78. The Hall–Kier alpha value is -3.17. The summed E-state index contributed by atoms with van der Waals surface area (Å²) in [5.41, 5.74) is 1.89. The van der Waals surface area contributed by atoms with E-state index in [1.807, 2.05) is 6.92 Å². The Morgan fingerprint density at radius 1 is 1.09 bits per heavy atom. The molecule has 8 nitrogen and oxygen atoms in total. The number of thioether (sulfide) groups is 1. The van der Waals surface area contributed by atoms with Gasteiger partial charge in [-0.05, 0) is 60.2 Å². The Labute approximate surface area is 194 Å². The van der Waals surface area contributed by atoms with Crippen LogP contribution in [-0.2, 0) is 9.59 Å². The number of imide groups is 1. The molecular formula is C22H21ClN2O6S. The van der Waals surface area contributed by atoms with Crippen LogP contribution in [0.25, 0.3) is 6.08 Å². The SMILES string of the molecule is COc1cc(/C=C2/SC(=O)N(CC(=O)Nc3cc(Cl)ccc3C)C2=O)cc(OC)c1OC. The van der Waals surface area contributed by atoms with Crippen LogP contribution in [0.3, 0.4) is 0 Å². The predicted octanol–water partition coefficient (Wildman–Crippen LogP) is 4.35. The Kier molecular flexibility index (Phi) is 7.32. The number of hydrogen-bond donors (Lipinski definition) is 1. The maximum absolute atomic E-state index is 12.8. The number of rotatable bonds is 7. The number of methoxy groups -OCH3 is 3. The largest absolute Gasteiger partial charge is 0.493 e. The van der Waals surface area contributed by atoms with Crippen LogP contribution in [0.1, 0.15) is 11.1 Å². The number of halogens is 1. The van der Waals surface area contributed by atoms with Gasteiger partial charge in [0.1, 0.15) is 6.54 Å². The van der Waals surface area contributed by atoms with E-state index in [4.69, 9.17) is 25.8 Å². The lowest BCUT2D eigenvalue weighted by Crippen LogP contribution is -2.36. The van der Waals surface area contributed by atoms with Crippen LogP contribution >= 0.6 is 23.4 Å². The zero-order valence-electron chi connectivity index (χ0n) is 17.9. The number of anilines is 1. The van der Waals surface area contributed by atoms with E-state index in [0.717, 1.165) is 22.2 Å². The van der Waals surface area contributed by atoms with Crippen LogP contribution in [0, 0.1) is 6.92 Å². The van der Waals surface area contributed by atoms with Gasteiger partial charge in [0.2, 0.25) is 11.7 Å². The number of amides is 3. The van der Waals surface area contributed by atoms with Gasteiger partial charge in [-0.3, -0.25) is 19.3 Å². The second kappa shape index (κ2) is 9.97. The first kappa shape index (κ1) is 23.5. The molecule has 0 bridgehead atoms. The zero-order valence-corrected chi connectivity index (χ0v) is 19.4. The van der Waals surface area contributed by atoms with Crippen LogP contribution in [-0.4, -0.2) is 49.8 Å². The highest BCUT2D eigenvalue weighted by Gasteiger charge is 2.36.